The number of alkyl carbamates (subject to hydrolysis) is 1. The lowest BCUT2D eigenvalue weighted by atomic mass is 9.81. The van der Waals surface area contributed by atoms with Crippen LogP contribution in [0.2, 0.25) is 5.02 Å². The number of nitrogens with zero attached hydrogens (tertiary/aromatic N) is 2. The largest absolute Gasteiger partial charge is 0.444 e. The van der Waals surface area contributed by atoms with Crippen LogP contribution in [-0.4, -0.2) is 51.9 Å². The molecule has 2 amide bonds. The van der Waals surface area contributed by atoms with Crippen molar-refractivity contribution in [3.05, 3.63) is 35.0 Å². The molecule has 32 heavy (non-hydrogen) atoms. The highest BCUT2D eigenvalue weighted by atomic mass is 35.5. The third-order valence-corrected chi connectivity index (χ3v) is 5.83. The summed E-state index contributed by atoms with van der Waals surface area (Å²) < 4.78 is 5.41. The molecule has 1 aliphatic rings. The summed E-state index contributed by atoms with van der Waals surface area (Å²) in [5, 5.41) is 18.8. The lowest BCUT2D eigenvalue weighted by molar-refractivity contribution is -0.125. The van der Waals surface area contributed by atoms with E-state index in [-0.39, 0.29) is 23.9 Å². The standard InChI is InChI=1S/C22H28ClN5O3S/c1-22(2,3)31-21(30)26-17-10-13(19(29)24-4)6-8-15(17)25-20(32)18-9-12-5-7-14(23)11-16(12)27-28-18/h5,7,9,11,13,15,17H,6,8,10H2,1-4H3,(H,24,29)(H,25,32)(H,26,30)/t13-,15-,17+/m0/s1. The van der Waals surface area contributed by atoms with Crippen LogP contribution in [0.1, 0.15) is 45.7 Å². The van der Waals surface area contributed by atoms with Crippen LogP contribution in [0.25, 0.3) is 10.9 Å². The number of rotatable bonds is 4. The van der Waals surface area contributed by atoms with Gasteiger partial charge in [-0.3, -0.25) is 4.79 Å². The van der Waals surface area contributed by atoms with Crippen LogP contribution in [0, 0.1) is 5.92 Å². The van der Waals surface area contributed by atoms with Crippen molar-refractivity contribution in [2.24, 2.45) is 5.92 Å². The number of carbonyl (C=O) groups is 2. The first kappa shape index (κ1) is 24.1. The molecule has 1 saturated carbocycles. The van der Waals surface area contributed by atoms with E-state index >= 15 is 0 Å². The topological polar surface area (TPSA) is 105 Å². The normalized spacial score (nSPS) is 21.0. The van der Waals surface area contributed by atoms with E-state index < -0.39 is 11.7 Å². The summed E-state index contributed by atoms with van der Waals surface area (Å²) in [5.74, 6) is -0.238. The predicted molar refractivity (Wildman–Crippen MR) is 128 cm³/mol. The average Bonchev–Trinajstić information content (AvgIpc) is 2.72. The molecular formula is C22H28ClN5O3S. The van der Waals surface area contributed by atoms with Gasteiger partial charge in [0.05, 0.1) is 11.6 Å². The maximum absolute atomic E-state index is 12.4. The molecular weight excluding hydrogens is 450 g/mol. The summed E-state index contributed by atoms with van der Waals surface area (Å²) in [5.41, 5.74) is 0.583. The van der Waals surface area contributed by atoms with Crippen LogP contribution in [0.15, 0.2) is 24.3 Å². The van der Waals surface area contributed by atoms with Crippen LogP contribution < -0.4 is 16.0 Å². The summed E-state index contributed by atoms with van der Waals surface area (Å²) in [6.07, 6.45) is 1.27. The quantitative estimate of drug-likeness (QED) is 0.580. The van der Waals surface area contributed by atoms with Crippen molar-refractivity contribution >= 4 is 51.7 Å². The number of ether oxygens (including phenoxy) is 1. The molecule has 2 aromatic rings. The van der Waals surface area contributed by atoms with E-state index in [4.69, 9.17) is 28.6 Å². The van der Waals surface area contributed by atoms with Gasteiger partial charge in [0.25, 0.3) is 0 Å². The minimum absolute atomic E-state index is 0.0407. The first-order valence-electron chi connectivity index (χ1n) is 10.5. The van der Waals surface area contributed by atoms with E-state index in [2.05, 4.69) is 26.1 Å². The fourth-order valence-electron chi connectivity index (χ4n) is 3.77. The number of benzene rings is 1. The molecule has 0 unspecified atom stereocenters. The Morgan fingerprint density at radius 1 is 1.12 bits per heavy atom. The second kappa shape index (κ2) is 9.95. The van der Waals surface area contributed by atoms with Gasteiger partial charge >= 0.3 is 6.09 Å². The zero-order valence-electron chi connectivity index (χ0n) is 18.6. The highest BCUT2D eigenvalue weighted by Crippen LogP contribution is 2.26. The first-order valence-corrected chi connectivity index (χ1v) is 11.3. The van der Waals surface area contributed by atoms with Crippen LogP contribution in [0.4, 0.5) is 4.79 Å². The first-order chi connectivity index (χ1) is 15.1. The number of hydrogen-bond donors (Lipinski definition) is 3. The molecule has 0 saturated heterocycles. The molecule has 3 atom stereocenters. The Morgan fingerprint density at radius 2 is 1.88 bits per heavy atom. The molecule has 3 rings (SSSR count). The highest BCUT2D eigenvalue weighted by Gasteiger charge is 2.36. The highest BCUT2D eigenvalue weighted by molar-refractivity contribution is 7.80. The van der Waals surface area contributed by atoms with Crippen LogP contribution >= 0.6 is 23.8 Å². The van der Waals surface area contributed by atoms with Gasteiger partial charge in [-0.2, -0.15) is 0 Å². The number of aromatic nitrogens is 2. The molecule has 1 aromatic heterocycles. The number of hydrogen-bond acceptors (Lipinski definition) is 6. The second-order valence-corrected chi connectivity index (χ2v) is 9.73. The van der Waals surface area contributed by atoms with Crippen LogP contribution in [-0.2, 0) is 9.53 Å². The van der Waals surface area contributed by atoms with Gasteiger partial charge in [-0.1, -0.05) is 29.9 Å². The van der Waals surface area contributed by atoms with E-state index in [0.717, 1.165) is 5.39 Å². The molecule has 8 nitrogen and oxygen atoms in total. The number of amides is 2. The van der Waals surface area contributed by atoms with E-state index in [1.807, 2.05) is 12.1 Å². The third-order valence-electron chi connectivity index (χ3n) is 5.27. The lowest BCUT2D eigenvalue weighted by Gasteiger charge is -2.37. The van der Waals surface area contributed by atoms with Crippen molar-refractivity contribution in [1.82, 2.24) is 26.1 Å². The Labute approximate surface area is 197 Å². The van der Waals surface area contributed by atoms with Gasteiger partial charge in [-0.15, -0.1) is 10.2 Å². The monoisotopic (exact) mass is 477 g/mol. The third kappa shape index (κ3) is 6.26. The fraction of sp³-hybridized carbons (Fsp3) is 0.500. The number of thiocarbonyl (C=S) groups is 1. The summed E-state index contributed by atoms with van der Waals surface area (Å²) in [6.45, 7) is 5.41. The van der Waals surface area contributed by atoms with E-state index in [1.54, 1.807) is 40.0 Å². The van der Waals surface area contributed by atoms with Crippen molar-refractivity contribution < 1.29 is 14.3 Å². The van der Waals surface area contributed by atoms with E-state index in [1.165, 1.54) is 0 Å². The Bertz CT molecular complexity index is 1030. The molecule has 1 heterocycles. The fourth-order valence-corrected chi connectivity index (χ4v) is 4.18. The van der Waals surface area contributed by atoms with Gasteiger partial charge in [-0.05, 0) is 58.2 Å². The average molecular weight is 478 g/mol. The number of halogens is 1. The molecule has 1 aromatic carbocycles. The smallest absolute Gasteiger partial charge is 0.407 e. The lowest BCUT2D eigenvalue weighted by Crippen LogP contribution is -2.56. The minimum Gasteiger partial charge on any atom is -0.444 e. The number of nitrogens with one attached hydrogen (secondary N) is 3. The van der Waals surface area contributed by atoms with Crippen molar-refractivity contribution in [3.63, 3.8) is 0 Å². The Balaban J connectivity index is 1.75. The Kier molecular flexibility index (Phi) is 7.51. The van der Waals surface area contributed by atoms with Gasteiger partial charge < -0.3 is 20.7 Å². The van der Waals surface area contributed by atoms with Gasteiger partial charge in [0, 0.05) is 29.4 Å². The minimum atomic E-state index is -0.624. The summed E-state index contributed by atoms with van der Waals surface area (Å²) in [4.78, 5) is 25.0. The number of carbonyl (C=O) groups excluding carboxylic acids is 2. The molecule has 172 valence electrons. The van der Waals surface area contributed by atoms with Gasteiger partial charge in [0.15, 0.2) is 0 Å². The van der Waals surface area contributed by atoms with Gasteiger partial charge in [-0.25, -0.2) is 4.79 Å². The SMILES string of the molecule is CNC(=O)[C@H]1CC[C@H](NC(=S)c2cc3ccc(Cl)cc3nn2)[C@H](NC(=O)OC(C)(C)C)C1. The molecule has 0 radical (unpaired) electrons. The van der Waals surface area contributed by atoms with Crippen LogP contribution in [0.5, 0.6) is 0 Å². The predicted octanol–water partition coefficient (Wildman–Crippen LogP) is 3.36. The molecule has 3 N–H and O–H groups in total. The summed E-state index contributed by atoms with van der Waals surface area (Å²) in [7, 11) is 1.61. The molecule has 0 spiro atoms. The number of fused-ring (bicyclic) bond motifs is 1. The van der Waals surface area contributed by atoms with Crippen molar-refractivity contribution in [1.29, 1.82) is 0 Å². The van der Waals surface area contributed by atoms with Gasteiger partial charge in [0.1, 0.15) is 16.3 Å². The van der Waals surface area contributed by atoms with Crippen molar-refractivity contribution in [2.45, 2.75) is 57.7 Å². The molecule has 10 heteroatoms. The zero-order valence-corrected chi connectivity index (χ0v) is 20.1. The molecule has 1 fully saturated rings. The summed E-state index contributed by atoms with van der Waals surface area (Å²) >= 11 is 11.6. The second-order valence-electron chi connectivity index (χ2n) is 8.89. The van der Waals surface area contributed by atoms with Gasteiger partial charge in [0.2, 0.25) is 5.91 Å². The molecule has 1 aliphatic carbocycles. The molecule has 0 bridgehead atoms. The Hall–Kier alpha value is -2.52. The maximum Gasteiger partial charge on any atom is 0.407 e. The van der Waals surface area contributed by atoms with Crippen LogP contribution in [0.3, 0.4) is 0 Å². The maximum atomic E-state index is 12.4. The summed E-state index contributed by atoms with van der Waals surface area (Å²) in [6, 6.07) is 6.71. The van der Waals surface area contributed by atoms with Crippen molar-refractivity contribution in [3.8, 4) is 0 Å². The Morgan fingerprint density at radius 3 is 2.56 bits per heavy atom. The van der Waals surface area contributed by atoms with E-state index in [0.29, 0.717) is 40.5 Å². The van der Waals surface area contributed by atoms with E-state index in [9.17, 15) is 9.59 Å². The molecule has 0 aliphatic heterocycles. The zero-order chi connectivity index (χ0) is 23.5. The van der Waals surface area contributed by atoms with Crippen molar-refractivity contribution in [2.75, 3.05) is 7.05 Å².